The van der Waals surface area contributed by atoms with Crippen LogP contribution in [0.3, 0.4) is 0 Å². The van der Waals surface area contributed by atoms with E-state index in [9.17, 15) is 0 Å². The first kappa shape index (κ1) is 15.9. The lowest BCUT2D eigenvalue weighted by atomic mass is 10.0. The van der Waals surface area contributed by atoms with Crippen LogP contribution in [0.1, 0.15) is 19.3 Å². The highest BCUT2D eigenvalue weighted by Gasteiger charge is 2.21. The van der Waals surface area contributed by atoms with Gasteiger partial charge in [-0.05, 0) is 44.6 Å². The standard InChI is InChI=1S/C15H22Cl2N2O/c1-18-11-13-4-2-3-7-19(13)8-9-20-15-6-5-12(16)10-14(15)17/h5-6,10,13,18H,2-4,7-9,11H2,1H3. The first-order valence-electron chi connectivity index (χ1n) is 7.17. The predicted molar refractivity (Wildman–Crippen MR) is 85.1 cm³/mol. The normalized spacial score (nSPS) is 20.1. The predicted octanol–water partition coefficient (Wildman–Crippen LogP) is 3.45. The van der Waals surface area contributed by atoms with Gasteiger partial charge in [-0.3, -0.25) is 4.90 Å². The molecule has 1 aromatic rings. The summed E-state index contributed by atoms with van der Waals surface area (Å²) in [4.78, 5) is 2.50. The van der Waals surface area contributed by atoms with Gasteiger partial charge in [0.15, 0.2) is 0 Å². The zero-order valence-electron chi connectivity index (χ0n) is 11.9. The molecule has 112 valence electrons. The van der Waals surface area contributed by atoms with E-state index in [0.29, 0.717) is 28.4 Å². The summed E-state index contributed by atoms with van der Waals surface area (Å²) in [6.07, 6.45) is 3.87. The number of piperidine rings is 1. The van der Waals surface area contributed by atoms with Crippen LogP contribution in [0.4, 0.5) is 0 Å². The van der Waals surface area contributed by atoms with E-state index in [2.05, 4.69) is 10.2 Å². The number of nitrogens with one attached hydrogen (secondary N) is 1. The number of likely N-dealkylation sites (tertiary alicyclic amines) is 1. The zero-order valence-corrected chi connectivity index (χ0v) is 13.4. The van der Waals surface area contributed by atoms with Crippen LogP contribution in [0.25, 0.3) is 0 Å². The van der Waals surface area contributed by atoms with Crippen molar-refractivity contribution in [3.8, 4) is 5.75 Å². The molecule has 0 amide bonds. The van der Waals surface area contributed by atoms with Crippen molar-refractivity contribution in [2.75, 3.05) is 33.3 Å². The van der Waals surface area contributed by atoms with E-state index in [0.717, 1.165) is 19.6 Å². The monoisotopic (exact) mass is 316 g/mol. The summed E-state index contributed by atoms with van der Waals surface area (Å²) in [6.45, 7) is 3.79. The van der Waals surface area contributed by atoms with Gasteiger partial charge in [0.05, 0.1) is 5.02 Å². The molecule has 3 nitrogen and oxygen atoms in total. The van der Waals surface area contributed by atoms with Crippen LogP contribution in [0, 0.1) is 0 Å². The van der Waals surface area contributed by atoms with Crippen molar-refractivity contribution in [2.45, 2.75) is 25.3 Å². The third-order valence-corrected chi connectivity index (χ3v) is 4.25. The second-order valence-corrected chi connectivity index (χ2v) is 6.01. The van der Waals surface area contributed by atoms with Crippen molar-refractivity contribution in [3.05, 3.63) is 28.2 Å². The van der Waals surface area contributed by atoms with Crippen molar-refractivity contribution in [1.29, 1.82) is 0 Å². The highest BCUT2D eigenvalue weighted by Crippen LogP contribution is 2.27. The number of rotatable bonds is 6. The van der Waals surface area contributed by atoms with E-state index >= 15 is 0 Å². The summed E-state index contributed by atoms with van der Waals surface area (Å²) in [5.74, 6) is 0.707. The van der Waals surface area contributed by atoms with Gasteiger partial charge in [-0.2, -0.15) is 0 Å². The van der Waals surface area contributed by atoms with Crippen LogP contribution in [-0.4, -0.2) is 44.2 Å². The number of ether oxygens (including phenoxy) is 1. The molecule has 1 fully saturated rings. The van der Waals surface area contributed by atoms with Crippen LogP contribution >= 0.6 is 23.2 Å². The van der Waals surface area contributed by atoms with E-state index in [4.69, 9.17) is 27.9 Å². The fourth-order valence-electron chi connectivity index (χ4n) is 2.69. The fourth-order valence-corrected chi connectivity index (χ4v) is 3.15. The lowest BCUT2D eigenvalue weighted by Gasteiger charge is -2.35. The average Bonchev–Trinajstić information content (AvgIpc) is 2.43. The first-order valence-corrected chi connectivity index (χ1v) is 7.93. The van der Waals surface area contributed by atoms with Gasteiger partial charge in [0, 0.05) is 24.2 Å². The molecule has 0 saturated carbocycles. The van der Waals surface area contributed by atoms with Gasteiger partial charge < -0.3 is 10.1 Å². The van der Waals surface area contributed by atoms with E-state index < -0.39 is 0 Å². The van der Waals surface area contributed by atoms with Crippen LogP contribution in [-0.2, 0) is 0 Å². The van der Waals surface area contributed by atoms with Crippen molar-refractivity contribution < 1.29 is 4.74 Å². The van der Waals surface area contributed by atoms with E-state index in [1.807, 2.05) is 13.1 Å². The number of halogens is 2. The molecule has 0 radical (unpaired) electrons. The summed E-state index contributed by atoms with van der Waals surface area (Å²) in [7, 11) is 2.01. The number of likely N-dealkylation sites (N-methyl/N-ethyl adjacent to an activating group) is 1. The lowest BCUT2D eigenvalue weighted by molar-refractivity contribution is 0.123. The molecule has 20 heavy (non-hydrogen) atoms. The summed E-state index contributed by atoms with van der Waals surface area (Å²) >= 11 is 12.0. The summed E-state index contributed by atoms with van der Waals surface area (Å²) in [6, 6.07) is 5.96. The molecule has 1 N–H and O–H groups in total. The van der Waals surface area contributed by atoms with Gasteiger partial charge in [0.1, 0.15) is 12.4 Å². The Morgan fingerprint density at radius 2 is 2.20 bits per heavy atom. The second-order valence-electron chi connectivity index (χ2n) is 5.17. The lowest BCUT2D eigenvalue weighted by Crippen LogP contribution is -2.46. The maximum Gasteiger partial charge on any atom is 0.138 e. The quantitative estimate of drug-likeness (QED) is 0.870. The van der Waals surface area contributed by atoms with Gasteiger partial charge in [-0.1, -0.05) is 29.6 Å². The largest absolute Gasteiger partial charge is 0.491 e. The SMILES string of the molecule is CNCC1CCCCN1CCOc1ccc(Cl)cc1Cl. The first-order chi connectivity index (χ1) is 9.70. The minimum Gasteiger partial charge on any atom is -0.491 e. The third-order valence-electron chi connectivity index (χ3n) is 3.72. The Kier molecular flexibility index (Phi) is 6.43. The summed E-state index contributed by atoms with van der Waals surface area (Å²) < 4.78 is 5.77. The van der Waals surface area contributed by atoms with Crippen molar-refractivity contribution in [3.63, 3.8) is 0 Å². The van der Waals surface area contributed by atoms with E-state index in [-0.39, 0.29) is 0 Å². The molecule has 2 rings (SSSR count). The molecule has 1 saturated heterocycles. The number of hydrogen-bond acceptors (Lipinski definition) is 3. The van der Waals surface area contributed by atoms with Crippen LogP contribution in [0.5, 0.6) is 5.75 Å². The van der Waals surface area contributed by atoms with E-state index in [1.54, 1.807) is 12.1 Å². The molecule has 0 aliphatic carbocycles. The Bertz CT molecular complexity index is 426. The molecule has 1 heterocycles. The van der Waals surface area contributed by atoms with Crippen LogP contribution in [0.2, 0.25) is 10.0 Å². The average molecular weight is 317 g/mol. The smallest absolute Gasteiger partial charge is 0.138 e. The maximum atomic E-state index is 6.10. The Balaban J connectivity index is 1.82. The van der Waals surface area contributed by atoms with Crippen LogP contribution < -0.4 is 10.1 Å². The van der Waals surface area contributed by atoms with Crippen LogP contribution in [0.15, 0.2) is 18.2 Å². The zero-order chi connectivity index (χ0) is 14.4. The van der Waals surface area contributed by atoms with Gasteiger partial charge in [0.2, 0.25) is 0 Å². The molecule has 1 aromatic carbocycles. The van der Waals surface area contributed by atoms with Gasteiger partial charge in [0.25, 0.3) is 0 Å². The minimum atomic E-state index is 0.572. The summed E-state index contributed by atoms with van der Waals surface area (Å²) in [5, 5.41) is 4.48. The Morgan fingerprint density at radius 3 is 2.95 bits per heavy atom. The highest BCUT2D eigenvalue weighted by atomic mass is 35.5. The molecular formula is C15H22Cl2N2O. The van der Waals surface area contributed by atoms with Crippen molar-refractivity contribution in [2.24, 2.45) is 0 Å². The topological polar surface area (TPSA) is 24.5 Å². The molecule has 1 aliphatic heterocycles. The molecule has 1 aliphatic rings. The molecular weight excluding hydrogens is 295 g/mol. The third kappa shape index (κ3) is 4.52. The minimum absolute atomic E-state index is 0.572. The Hall–Kier alpha value is -0.480. The molecule has 5 heteroatoms. The Morgan fingerprint density at radius 1 is 1.35 bits per heavy atom. The second kappa shape index (κ2) is 8.08. The molecule has 0 spiro atoms. The number of nitrogens with zero attached hydrogens (tertiary/aromatic N) is 1. The van der Waals surface area contributed by atoms with Gasteiger partial charge in [-0.15, -0.1) is 0 Å². The number of benzene rings is 1. The summed E-state index contributed by atoms with van der Waals surface area (Å²) in [5.41, 5.74) is 0. The van der Waals surface area contributed by atoms with Gasteiger partial charge >= 0.3 is 0 Å². The Labute approximate surface area is 131 Å². The van der Waals surface area contributed by atoms with Gasteiger partial charge in [-0.25, -0.2) is 0 Å². The van der Waals surface area contributed by atoms with E-state index in [1.165, 1.54) is 19.3 Å². The molecule has 0 bridgehead atoms. The molecule has 0 aromatic heterocycles. The molecule has 1 atom stereocenters. The van der Waals surface area contributed by atoms with Crippen molar-refractivity contribution >= 4 is 23.2 Å². The highest BCUT2D eigenvalue weighted by molar-refractivity contribution is 6.35. The fraction of sp³-hybridized carbons (Fsp3) is 0.600. The maximum absolute atomic E-state index is 6.10. The van der Waals surface area contributed by atoms with Crippen molar-refractivity contribution in [1.82, 2.24) is 10.2 Å². The number of hydrogen-bond donors (Lipinski definition) is 1. The molecule has 1 unspecified atom stereocenters.